The van der Waals surface area contributed by atoms with Crippen LogP contribution in [0.25, 0.3) is 0 Å². The van der Waals surface area contributed by atoms with E-state index in [0.717, 1.165) is 10.9 Å². The zero-order chi connectivity index (χ0) is 15.1. The summed E-state index contributed by atoms with van der Waals surface area (Å²) in [6.07, 6.45) is 6.28. The minimum Gasteiger partial charge on any atom is -0.456 e. The van der Waals surface area contributed by atoms with E-state index in [1.54, 1.807) is 12.1 Å². The molecule has 1 N–H and O–H groups in total. The van der Waals surface area contributed by atoms with Crippen molar-refractivity contribution in [2.45, 2.75) is 38.5 Å². The molecule has 0 heterocycles. The molecule has 1 fully saturated rings. The van der Waals surface area contributed by atoms with Crippen LogP contribution in [0.2, 0.25) is 0 Å². The van der Waals surface area contributed by atoms with E-state index in [0.29, 0.717) is 18.0 Å². The molecule has 5 heteroatoms. The Morgan fingerprint density at radius 3 is 2.76 bits per heavy atom. The van der Waals surface area contributed by atoms with E-state index in [4.69, 9.17) is 4.74 Å². The molecule has 0 atom stereocenters. The van der Waals surface area contributed by atoms with Gasteiger partial charge in [0.1, 0.15) is 0 Å². The quantitative estimate of drug-likeness (QED) is 0.789. The van der Waals surface area contributed by atoms with Crippen LogP contribution in [0.15, 0.2) is 28.7 Å². The molecule has 0 aliphatic heterocycles. The second-order valence-corrected chi connectivity index (χ2v) is 6.32. The summed E-state index contributed by atoms with van der Waals surface area (Å²) in [4.78, 5) is 23.3. The molecule has 1 saturated carbocycles. The predicted molar refractivity (Wildman–Crippen MR) is 84.9 cm³/mol. The van der Waals surface area contributed by atoms with Crippen LogP contribution in [-0.4, -0.2) is 18.5 Å². The van der Waals surface area contributed by atoms with E-state index in [1.807, 2.05) is 12.1 Å². The van der Waals surface area contributed by atoms with E-state index >= 15 is 0 Å². The van der Waals surface area contributed by atoms with Crippen molar-refractivity contribution in [3.63, 3.8) is 0 Å². The summed E-state index contributed by atoms with van der Waals surface area (Å²) in [5.74, 6) is 0.0571. The molecule has 0 unspecified atom stereocenters. The van der Waals surface area contributed by atoms with Crippen LogP contribution in [0.5, 0.6) is 0 Å². The van der Waals surface area contributed by atoms with Gasteiger partial charge in [0.05, 0.1) is 0 Å². The molecule has 0 aromatic heterocycles. The number of benzene rings is 1. The Hall–Kier alpha value is -1.36. The lowest BCUT2D eigenvalue weighted by atomic mass is 10.0. The van der Waals surface area contributed by atoms with Crippen molar-refractivity contribution in [1.29, 1.82) is 0 Å². The van der Waals surface area contributed by atoms with Crippen molar-refractivity contribution < 1.29 is 14.3 Å². The van der Waals surface area contributed by atoms with Gasteiger partial charge in [-0.1, -0.05) is 47.7 Å². The summed E-state index contributed by atoms with van der Waals surface area (Å²) < 4.78 is 5.89. The van der Waals surface area contributed by atoms with Gasteiger partial charge in [0, 0.05) is 16.6 Å². The Labute approximate surface area is 133 Å². The Kier molecular flexibility index (Phi) is 6.23. The molecule has 1 aliphatic rings. The van der Waals surface area contributed by atoms with Gasteiger partial charge in [-0.15, -0.1) is 0 Å². The molecule has 1 amide bonds. The monoisotopic (exact) mass is 353 g/mol. The number of carbonyl (C=O) groups is 2. The van der Waals surface area contributed by atoms with Crippen LogP contribution in [0.3, 0.4) is 0 Å². The van der Waals surface area contributed by atoms with Crippen LogP contribution in [0, 0.1) is 5.92 Å². The van der Waals surface area contributed by atoms with Gasteiger partial charge in [0.25, 0.3) is 5.91 Å². The van der Waals surface area contributed by atoms with Crippen LogP contribution >= 0.6 is 15.9 Å². The fourth-order valence-corrected chi connectivity index (χ4v) is 3.00. The Balaban J connectivity index is 1.64. The number of amides is 1. The second kappa shape index (κ2) is 8.17. The maximum atomic E-state index is 11.7. The summed E-state index contributed by atoms with van der Waals surface area (Å²) in [5.41, 5.74) is 0.677. The summed E-state index contributed by atoms with van der Waals surface area (Å²) in [6.45, 7) is -0.226. The summed E-state index contributed by atoms with van der Waals surface area (Å²) in [7, 11) is 0. The average molecular weight is 354 g/mol. The fraction of sp³-hybridized carbons (Fsp3) is 0.500. The van der Waals surface area contributed by atoms with E-state index in [1.165, 1.54) is 25.7 Å². The normalized spacial score (nSPS) is 14.9. The molecular weight excluding hydrogens is 334 g/mol. The van der Waals surface area contributed by atoms with Gasteiger partial charge < -0.3 is 10.1 Å². The van der Waals surface area contributed by atoms with Crippen molar-refractivity contribution in [3.8, 4) is 0 Å². The van der Waals surface area contributed by atoms with Crippen molar-refractivity contribution in [2.24, 2.45) is 5.92 Å². The Morgan fingerprint density at radius 1 is 1.29 bits per heavy atom. The minimum absolute atomic E-state index is 0.226. The third kappa shape index (κ3) is 5.87. The summed E-state index contributed by atoms with van der Waals surface area (Å²) in [6, 6.07) is 7.27. The number of esters is 1. The molecule has 4 nitrogen and oxygen atoms in total. The van der Waals surface area contributed by atoms with Gasteiger partial charge in [-0.25, -0.2) is 0 Å². The Morgan fingerprint density at radius 2 is 2.05 bits per heavy atom. The average Bonchev–Trinajstić information content (AvgIpc) is 2.96. The Bertz CT molecular complexity index is 498. The third-order valence-electron chi connectivity index (χ3n) is 3.70. The molecule has 0 spiro atoms. The maximum absolute atomic E-state index is 11.7. The van der Waals surface area contributed by atoms with Gasteiger partial charge >= 0.3 is 5.97 Å². The lowest BCUT2D eigenvalue weighted by Crippen LogP contribution is -2.21. The van der Waals surface area contributed by atoms with Crippen LogP contribution in [0.1, 0.15) is 38.5 Å². The number of carbonyl (C=O) groups excluding carboxylic acids is 2. The first-order valence-corrected chi connectivity index (χ1v) is 8.14. The maximum Gasteiger partial charge on any atom is 0.306 e. The molecule has 0 bridgehead atoms. The number of anilines is 1. The van der Waals surface area contributed by atoms with Crippen molar-refractivity contribution >= 4 is 33.5 Å². The second-order valence-electron chi connectivity index (χ2n) is 5.41. The third-order valence-corrected chi connectivity index (χ3v) is 4.20. The lowest BCUT2D eigenvalue weighted by Gasteiger charge is -2.09. The molecule has 2 rings (SSSR count). The van der Waals surface area contributed by atoms with Crippen molar-refractivity contribution in [3.05, 3.63) is 28.7 Å². The van der Waals surface area contributed by atoms with Gasteiger partial charge in [0.2, 0.25) is 0 Å². The zero-order valence-electron chi connectivity index (χ0n) is 11.9. The fourth-order valence-electron chi connectivity index (χ4n) is 2.60. The van der Waals surface area contributed by atoms with E-state index in [9.17, 15) is 9.59 Å². The highest BCUT2D eigenvalue weighted by Gasteiger charge is 2.17. The highest BCUT2D eigenvalue weighted by molar-refractivity contribution is 9.10. The smallest absolute Gasteiger partial charge is 0.306 e. The first-order chi connectivity index (χ1) is 10.1. The van der Waals surface area contributed by atoms with Gasteiger partial charge in [-0.3, -0.25) is 9.59 Å². The zero-order valence-corrected chi connectivity index (χ0v) is 13.5. The number of hydrogen-bond acceptors (Lipinski definition) is 3. The first-order valence-electron chi connectivity index (χ1n) is 7.34. The molecule has 1 aliphatic carbocycles. The number of hydrogen-bond donors (Lipinski definition) is 1. The molecule has 21 heavy (non-hydrogen) atoms. The molecule has 114 valence electrons. The van der Waals surface area contributed by atoms with Crippen molar-refractivity contribution in [2.75, 3.05) is 11.9 Å². The van der Waals surface area contributed by atoms with Gasteiger partial charge in [-0.2, -0.15) is 0 Å². The molecular formula is C16H20BrNO3. The minimum atomic E-state index is -0.317. The largest absolute Gasteiger partial charge is 0.456 e. The van der Waals surface area contributed by atoms with Gasteiger partial charge in [0.15, 0.2) is 6.61 Å². The lowest BCUT2D eigenvalue weighted by molar-refractivity contribution is -0.147. The number of nitrogens with one attached hydrogen (secondary N) is 1. The predicted octanol–water partition coefficient (Wildman–Crippen LogP) is 3.90. The molecule has 1 aromatic rings. The van der Waals surface area contributed by atoms with Crippen LogP contribution in [-0.2, 0) is 14.3 Å². The topological polar surface area (TPSA) is 55.4 Å². The number of ether oxygens (including phenoxy) is 1. The number of halogens is 1. The van der Waals surface area contributed by atoms with E-state index in [-0.39, 0.29) is 18.5 Å². The highest BCUT2D eigenvalue weighted by atomic mass is 79.9. The summed E-state index contributed by atoms with van der Waals surface area (Å²) >= 11 is 3.33. The van der Waals surface area contributed by atoms with Crippen LogP contribution < -0.4 is 5.32 Å². The highest BCUT2D eigenvalue weighted by Crippen LogP contribution is 2.28. The van der Waals surface area contributed by atoms with Crippen molar-refractivity contribution in [1.82, 2.24) is 0 Å². The number of rotatable bonds is 6. The van der Waals surface area contributed by atoms with E-state index in [2.05, 4.69) is 21.2 Å². The molecule has 0 radical (unpaired) electrons. The van der Waals surface area contributed by atoms with E-state index < -0.39 is 0 Å². The van der Waals surface area contributed by atoms with Crippen LogP contribution in [0.4, 0.5) is 5.69 Å². The standard InChI is InChI=1S/C16H20BrNO3/c17-13-6-3-7-14(10-13)18-15(19)11-21-16(20)9-8-12-4-1-2-5-12/h3,6-7,10,12H,1-2,4-5,8-9,11H2,(H,18,19). The van der Waals surface area contributed by atoms with Gasteiger partial charge in [-0.05, 0) is 30.5 Å². The molecule has 1 aromatic carbocycles. The summed E-state index contributed by atoms with van der Waals surface area (Å²) in [5, 5.41) is 2.69. The molecule has 0 saturated heterocycles. The SMILES string of the molecule is O=C(COC(=O)CCC1CCCC1)Nc1cccc(Br)c1. The first kappa shape index (κ1) is 16.0.